The van der Waals surface area contributed by atoms with E-state index in [9.17, 15) is 4.79 Å². The zero-order chi connectivity index (χ0) is 25.2. The zero-order valence-corrected chi connectivity index (χ0v) is 22.4. The first kappa shape index (κ1) is 25.2. The van der Waals surface area contributed by atoms with Crippen LogP contribution >= 0.6 is 0 Å². The Kier molecular flexibility index (Phi) is 7.63. The summed E-state index contributed by atoms with van der Waals surface area (Å²) in [5, 5.41) is 3.66. The lowest BCUT2D eigenvalue weighted by atomic mass is 9.79. The molecule has 6 heteroatoms. The van der Waals surface area contributed by atoms with Gasteiger partial charge in [-0.05, 0) is 88.7 Å². The number of amides is 1. The molecule has 2 aliphatic heterocycles. The van der Waals surface area contributed by atoms with E-state index in [0.29, 0.717) is 24.6 Å². The first-order chi connectivity index (χ1) is 17.4. The smallest absolute Gasteiger partial charge is 0.226 e. The summed E-state index contributed by atoms with van der Waals surface area (Å²) in [7, 11) is 3.98. The summed E-state index contributed by atoms with van der Waals surface area (Å²) in [6, 6.07) is 11.6. The van der Waals surface area contributed by atoms with Gasteiger partial charge in [-0.1, -0.05) is 29.8 Å². The standard InChI is InChI=1S/C30H42N4O2/c1-20-6-5-7-22(14-20)28-19-33(3)13-12-27(28)30(35)34-18-24-16-29(31-17-23(24)15-21(34)2)32-25-8-10-26(36-4)11-9-25/h5-7,14,16-17,21,25-28H,8-13,15,18-19H2,1-4H3,(H,31,32)/t21-,25?,26?,27+,28-/m0/s1. The molecule has 1 saturated carbocycles. The van der Waals surface area contributed by atoms with Crippen molar-refractivity contribution in [1.82, 2.24) is 14.8 Å². The highest BCUT2D eigenvalue weighted by atomic mass is 16.5. The average Bonchev–Trinajstić information content (AvgIpc) is 2.88. The molecule has 194 valence electrons. The Bertz CT molecular complexity index is 1060. The fourth-order valence-electron chi connectivity index (χ4n) is 6.51. The number of nitrogens with one attached hydrogen (secondary N) is 1. The van der Waals surface area contributed by atoms with Gasteiger partial charge in [-0.3, -0.25) is 4.79 Å². The average molecular weight is 491 g/mol. The number of carbonyl (C=O) groups is 1. The third-order valence-electron chi connectivity index (χ3n) is 8.72. The Hall–Kier alpha value is -2.44. The van der Waals surface area contributed by atoms with Crippen molar-refractivity contribution >= 4 is 11.7 Å². The Morgan fingerprint density at radius 1 is 1.11 bits per heavy atom. The summed E-state index contributed by atoms with van der Waals surface area (Å²) < 4.78 is 5.52. The molecule has 0 spiro atoms. The number of aromatic nitrogens is 1. The Labute approximate surface area is 216 Å². The van der Waals surface area contributed by atoms with E-state index in [2.05, 4.69) is 66.3 Å². The van der Waals surface area contributed by atoms with Crippen molar-refractivity contribution in [3.8, 4) is 0 Å². The number of hydrogen-bond acceptors (Lipinski definition) is 5. The monoisotopic (exact) mass is 490 g/mol. The fourth-order valence-corrected chi connectivity index (χ4v) is 6.51. The molecular weight excluding hydrogens is 448 g/mol. The normalized spacial score (nSPS) is 29.0. The second-order valence-electron chi connectivity index (χ2n) is 11.4. The van der Waals surface area contributed by atoms with Crippen molar-refractivity contribution in [3.05, 3.63) is 58.8 Å². The van der Waals surface area contributed by atoms with Gasteiger partial charge >= 0.3 is 0 Å². The van der Waals surface area contributed by atoms with E-state index in [4.69, 9.17) is 9.72 Å². The molecule has 2 aromatic rings. The molecule has 1 aromatic heterocycles. The first-order valence-corrected chi connectivity index (χ1v) is 13.7. The van der Waals surface area contributed by atoms with E-state index < -0.39 is 0 Å². The maximum Gasteiger partial charge on any atom is 0.226 e. The summed E-state index contributed by atoms with van der Waals surface area (Å²) in [4.78, 5) is 23.3. The summed E-state index contributed by atoms with van der Waals surface area (Å²) in [6.45, 7) is 6.91. The lowest BCUT2D eigenvalue weighted by Crippen LogP contribution is -2.50. The third-order valence-corrected chi connectivity index (χ3v) is 8.72. The molecule has 36 heavy (non-hydrogen) atoms. The van der Waals surface area contributed by atoms with Gasteiger partial charge in [0.2, 0.25) is 5.91 Å². The molecule has 0 radical (unpaired) electrons. The predicted molar refractivity (Wildman–Crippen MR) is 144 cm³/mol. The minimum absolute atomic E-state index is 0.0300. The number of anilines is 1. The quantitative estimate of drug-likeness (QED) is 0.654. The highest BCUT2D eigenvalue weighted by Crippen LogP contribution is 2.36. The van der Waals surface area contributed by atoms with Crippen molar-refractivity contribution in [1.29, 1.82) is 0 Å². The third kappa shape index (κ3) is 5.45. The predicted octanol–water partition coefficient (Wildman–Crippen LogP) is 4.77. The number of piperidine rings is 1. The van der Waals surface area contributed by atoms with Gasteiger partial charge < -0.3 is 19.9 Å². The molecule has 5 rings (SSSR count). The number of hydrogen-bond donors (Lipinski definition) is 1. The number of carbonyl (C=O) groups excluding carboxylic acids is 1. The van der Waals surface area contributed by atoms with E-state index in [0.717, 1.165) is 57.4 Å². The van der Waals surface area contributed by atoms with Crippen molar-refractivity contribution < 1.29 is 9.53 Å². The van der Waals surface area contributed by atoms with Gasteiger partial charge in [0.15, 0.2) is 0 Å². The molecule has 3 atom stereocenters. The highest BCUT2D eigenvalue weighted by molar-refractivity contribution is 5.81. The summed E-state index contributed by atoms with van der Waals surface area (Å²) in [5.41, 5.74) is 5.07. The molecule has 0 unspecified atom stereocenters. The summed E-state index contributed by atoms with van der Waals surface area (Å²) >= 11 is 0. The number of nitrogens with zero attached hydrogens (tertiary/aromatic N) is 3. The van der Waals surface area contributed by atoms with Crippen LogP contribution in [0.4, 0.5) is 5.82 Å². The minimum atomic E-state index is 0.0300. The number of rotatable bonds is 5. The molecule has 1 saturated heterocycles. The molecule has 0 bridgehead atoms. The minimum Gasteiger partial charge on any atom is -0.381 e. The van der Waals surface area contributed by atoms with Crippen molar-refractivity contribution in [2.75, 3.05) is 32.6 Å². The Balaban J connectivity index is 1.31. The van der Waals surface area contributed by atoms with E-state index in [1.54, 1.807) is 0 Å². The van der Waals surface area contributed by atoms with Crippen LogP contribution in [0.15, 0.2) is 36.5 Å². The van der Waals surface area contributed by atoms with Gasteiger partial charge in [0.25, 0.3) is 0 Å². The summed E-state index contributed by atoms with van der Waals surface area (Å²) in [5.74, 6) is 1.52. The largest absolute Gasteiger partial charge is 0.381 e. The highest BCUT2D eigenvalue weighted by Gasteiger charge is 2.39. The van der Waals surface area contributed by atoms with E-state index in [-0.39, 0.29) is 17.9 Å². The van der Waals surface area contributed by atoms with Crippen LogP contribution in [0.3, 0.4) is 0 Å². The van der Waals surface area contributed by atoms with E-state index >= 15 is 0 Å². The first-order valence-electron chi connectivity index (χ1n) is 13.7. The molecule has 2 fully saturated rings. The van der Waals surface area contributed by atoms with E-state index in [1.165, 1.54) is 22.3 Å². The maximum absolute atomic E-state index is 14.1. The van der Waals surface area contributed by atoms with Crippen LogP contribution in [0.1, 0.15) is 67.2 Å². The molecule has 6 nitrogen and oxygen atoms in total. The van der Waals surface area contributed by atoms with Crippen LogP contribution in [0.25, 0.3) is 0 Å². The number of aryl methyl sites for hydroxylation is 1. The van der Waals surface area contributed by atoms with Gasteiger partial charge in [-0.25, -0.2) is 4.98 Å². The van der Waals surface area contributed by atoms with Gasteiger partial charge in [-0.15, -0.1) is 0 Å². The number of methoxy groups -OCH3 is 1. The molecule has 1 aromatic carbocycles. The van der Waals surface area contributed by atoms with Crippen LogP contribution in [0.2, 0.25) is 0 Å². The lowest BCUT2D eigenvalue weighted by Gasteiger charge is -2.42. The van der Waals surface area contributed by atoms with Crippen LogP contribution in [-0.2, 0) is 22.5 Å². The second-order valence-corrected chi connectivity index (χ2v) is 11.4. The number of fused-ring (bicyclic) bond motifs is 1. The number of ether oxygens (including phenoxy) is 1. The molecule has 1 N–H and O–H groups in total. The molecule has 3 heterocycles. The molecule has 3 aliphatic rings. The SMILES string of the molecule is COC1CCC(Nc2cc3c(cn2)C[C@H](C)N(C(=O)[C@@H]2CCN(C)C[C@H]2c2cccc(C)c2)C3)CC1. The van der Waals surface area contributed by atoms with Crippen molar-refractivity contribution in [3.63, 3.8) is 0 Å². The van der Waals surface area contributed by atoms with Gasteiger partial charge in [-0.2, -0.15) is 0 Å². The second kappa shape index (κ2) is 10.9. The lowest BCUT2D eigenvalue weighted by molar-refractivity contribution is -0.141. The van der Waals surface area contributed by atoms with Gasteiger partial charge in [0, 0.05) is 50.3 Å². The number of pyridine rings is 1. The molecule has 1 aliphatic carbocycles. The number of likely N-dealkylation sites (N-methyl/N-ethyl adjacent to an activating group) is 1. The van der Waals surface area contributed by atoms with Crippen LogP contribution in [0.5, 0.6) is 0 Å². The zero-order valence-electron chi connectivity index (χ0n) is 22.4. The van der Waals surface area contributed by atoms with Gasteiger partial charge in [0.05, 0.1) is 6.10 Å². The Morgan fingerprint density at radius 3 is 2.67 bits per heavy atom. The number of likely N-dealkylation sites (tertiary alicyclic amines) is 1. The Morgan fingerprint density at radius 2 is 1.92 bits per heavy atom. The van der Waals surface area contributed by atoms with E-state index in [1.807, 2.05) is 13.3 Å². The van der Waals surface area contributed by atoms with Crippen LogP contribution in [0, 0.1) is 12.8 Å². The van der Waals surface area contributed by atoms with Crippen LogP contribution < -0.4 is 5.32 Å². The summed E-state index contributed by atoms with van der Waals surface area (Å²) in [6.07, 6.45) is 8.61. The van der Waals surface area contributed by atoms with Crippen molar-refractivity contribution in [2.45, 2.75) is 83.0 Å². The van der Waals surface area contributed by atoms with Crippen molar-refractivity contribution in [2.24, 2.45) is 5.92 Å². The fraction of sp³-hybridized carbons (Fsp3) is 0.600. The van der Waals surface area contributed by atoms with Crippen LogP contribution in [-0.4, -0.2) is 66.1 Å². The maximum atomic E-state index is 14.1. The van der Waals surface area contributed by atoms with Gasteiger partial charge in [0.1, 0.15) is 5.82 Å². The number of benzene rings is 1. The topological polar surface area (TPSA) is 57.7 Å². The molecular formula is C30H42N4O2. The molecule has 1 amide bonds.